The lowest BCUT2D eigenvalue weighted by Crippen LogP contribution is -2.44. The molecule has 3 unspecified atom stereocenters. The standard InChI is InChI=1S/C17H22O3/c1-3-17(13-7-5-4-6-8-13)10-9-15(18)14(11-17)12(2)16(19)20/h4-8,12,14H,3,9-11H2,1-2H3,(H,19,20)/p-1. The molecule has 0 bridgehead atoms. The molecule has 0 spiro atoms. The van der Waals surface area contributed by atoms with Gasteiger partial charge in [0.1, 0.15) is 5.78 Å². The Bertz CT molecular complexity index is 494. The van der Waals surface area contributed by atoms with Crippen LogP contribution in [0.3, 0.4) is 0 Å². The average molecular weight is 273 g/mol. The van der Waals surface area contributed by atoms with Crippen molar-refractivity contribution in [2.45, 2.75) is 44.9 Å². The fraction of sp³-hybridized carbons (Fsp3) is 0.529. The summed E-state index contributed by atoms with van der Waals surface area (Å²) in [6.45, 7) is 3.71. The molecule has 0 N–H and O–H groups in total. The highest BCUT2D eigenvalue weighted by atomic mass is 16.4. The molecule has 3 heteroatoms. The van der Waals surface area contributed by atoms with E-state index in [0.29, 0.717) is 12.8 Å². The van der Waals surface area contributed by atoms with Gasteiger partial charge in [-0.25, -0.2) is 0 Å². The maximum atomic E-state index is 12.1. The molecule has 0 aromatic heterocycles. The zero-order valence-corrected chi connectivity index (χ0v) is 12.1. The van der Waals surface area contributed by atoms with Gasteiger partial charge in [0.2, 0.25) is 0 Å². The van der Waals surface area contributed by atoms with Gasteiger partial charge >= 0.3 is 0 Å². The van der Waals surface area contributed by atoms with Gasteiger partial charge in [-0.3, -0.25) is 4.79 Å². The van der Waals surface area contributed by atoms with Crippen LogP contribution in [-0.2, 0) is 15.0 Å². The highest BCUT2D eigenvalue weighted by Crippen LogP contribution is 2.45. The molecule has 1 saturated carbocycles. The quantitative estimate of drug-likeness (QED) is 0.844. The zero-order valence-electron chi connectivity index (χ0n) is 12.1. The first-order valence-corrected chi connectivity index (χ1v) is 7.29. The maximum Gasteiger partial charge on any atom is 0.136 e. The first-order valence-electron chi connectivity index (χ1n) is 7.29. The third kappa shape index (κ3) is 2.62. The Balaban J connectivity index is 2.32. The molecule has 3 atom stereocenters. The zero-order chi connectivity index (χ0) is 14.8. The second-order valence-electron chi connectivity index (χ2n) is 5.88. The van der Waals surface area contributed by atoms with Crippen LogP contribution < -0.4 is 5.11 Å². The minimum Gasteiger partial charge on any atom is -0.550 e. The van der Waals surface area contributed by atoms with Crippen molar-refractivity contribution in [3.63, 3.8) is 0 Å². The van der Waals surface area contributed by atoms with Crippen LogP contribution in [0.4, 0.5) is 0 Å². The number of ketones is 1. The average Bonchev–Trinajstić information content (AvgIpc) is 2.48. The van der Waals surface area contributed by atoms with Gasteiger partial charge < -0.3 is 9.90 Å². The second kappa shape index (κ2) is 5.78. The largest absolute Gasteiger partial charge is 0.550 e. The van der Waals surface area contributed by atoms with Crippen molar-refractivity contribution in [2.75, 3.05) is 0 Å². The molecule has 1 aromatic carbocycles. The Morgan fingerprint density at radius 1 is 1.40 bits per heavy atom. The van der Waals surface area contributed by atoms with Crippen LogP contribution in [-0.4, -0.2) is 11.8 Å². The van der Waals surface area contributed by atoms with Gasteiger partial charge in [-0.15, -0.1) is 0 Å². The number of benzene rings is 1. The van der Waals surface area contributed by atoms with Gasteiger partial charge in [-0.1, -0.05) is 44.2 Å². The summed E-state index contributed by atoms with van der Waals surface area (Å²) in [6, 6.07) is 10.1. The van der Waals surface area contributed by atoms with Gasteiger partial charge in [-0.2, -0.15) is 0 Å². The summed E-state index contributed by atoms with van der Waals surface area (Å²) in [5.74, 6) is -2.18. The molecule has 0 aliphatic heterocycles. The molecule has 3 nitrogen and oxygen atoms in total. The summed E-state index contributed by atoms with van der Waals surface area (Å²) < 4.78 is 0. The molecule has 2 rings (SSSR count). The minimum absolute atomic E-state index is 0.0710. The van der Waals surface area contributed by atoms with E-state index in [1.165, 1.54) is 5.56 Å². The second-order valence-corrected chi connectivity index (χ2v) is 5.88. The van der Waals surface area contributed by atoms with Crippen molar-refractivity contribution in [2.24, 2.45) is 11.8 Å². The molecular weight excluding hydrogens is 252 g/mol. The van der Waals surface area contributed by atoms with Gasteiger partial charge in [0.25, 0.3) is 0 Å². The third-order valence-corrected chi connectivity index (χ3v) is 4.91. The summed E-state index contributed by atoms with van der Waals surface area (Å²) in [7, 11) is 0. The van der Waals surface area contributed by atoms with Crippen molar-refractivity contribution in [1.29, 1.82) is 0 Å². The number of rotatable bonds is 4. The highest BCUT2D eigenvalue weighted by molar-refractivity contribution is 5.86. The lowest BCUT2D eigenvalue weighted by molar-refractivity contribution is -0.312. The van der Waals surface area contributed by atoms with Crippen LogP contribution in [0.1, 0.15) is 45.1 Å². The van der Waals surface area contributed by atoms with Gasteiger partial charge in [0.05, 0.1) is 0 Å². The molecule has 1 aliphatic rings. The molecule has 1 aliphatic carbocycles. The number of carboxylic acids is 1. The van der Waals surface area contributed by atoms with Crippen molar-refractivity contribution in [3.05, 3.63) is 35.9 Å². The van der Waals surface area contributed by atoms with Gasteiger partial charge in [0.15, 0.2) is 0 Å². The molecule has 1 fully saturated rings. The first kappa shape index (κ1) is 14.8. The molecule has 0 saturated heterocycles. The Kier molecular flexibility index (Phi) is 4.26. The molecule has 108 valence electrons. The lowest BCUT2D eigenvalue weighted by atomic mass is 9.62. The van der Waals surface area contributed by atoms with E-state index in [2.05, 4.69) is 19.1 Å². The topological polar surface area (TPSA) is 57.2 Å². The Morgan fingerprint density at radius 3 is 2.60 bits per heavy atom. The van der Waals surface area contributed by atoms with E-state index in [1.807, 2.05) is 18.2 Å². The van der Waals surface area contributed by atoms with E-state index in [-0.39, 0.29) is 11.2 Å². The first-order chi connectivity index (χ1) is 9.50. The predicted octanol–water partition coefficient (Wildman–Crippen LogP) is 2.09. The Hall–Kier alpha value is -1.64. The van der Waals surface area contributed by atoms with Crippen LogP contribution in [0.2, 0.25) is 0 Å². The fourth-order valence-corrected chi connectivity index (χ4v) is 3.38. The number of carboxylic acid groups (broad SMARTS) is 1. The number of hydrogen-bond donors (Lipinski definition) is 0. The van der Waals surface area contributed by atoms with Crippen LogP contribution in [0, 0.1) is 11.8 Å². The van der Waals surface area contributed by atoms with E-state index in [9.17, 15) is 14.7 Å². The Morgan fingerprint density at radius 2 is 2.05 bits per heavy atom. The molecule has 0 amide bonds. The van der Waals surface area contributed by atoms with Crippen LogP contribution in [0.25, 0.3) is 0 Å². The summed E-state index contributed by atoms with van der Waals surface area (Å²) in [4.78, 5) is 23.2. The van der Waals surface area contributed by atoms with Crippen LogP contribution in [0.5, 0.6) is 0 Å². The normalized spacial score (nSPS) is 28.1. The van der Waals surface area contributed by atoms with Gasteiger partial charge in [-0.05, 0) is 30.2 Å². The predicted molar refractivity (Wildman–Crippen MR) is 74.9 cm³/mol. The van der Waals surface area contributed by atoms with Crippen molar-refractivity contribution < 1.29 is 14.7 Å². The molecule has 0 heterocycles. The van der Waals surface area contributed by atoms with Crippen molar-refractivity contribution in [3.8, 4) is 0 Å². The highest BCUT2D eigenvalue weighted by Gasteiger charge is 2.42. The molecule has 0 radical (unpaired) electrons. The Labute approximate surface area is 120 Å². The van der Waals surface area contributed by atoms with E-state index >= 15 is 0 Å². The number of hydrogen-bond acceptors (Lipinski definition) is 3. The number of carbonyl (C=O) groups is 2. The van der Waals surface area contributed by atoms with Crippen molar-refractivity contribution >= 4 is 11.8 Å². The third-order valence-electron chi connectivity index (χ3n) is 4.91. The van der Waals surface area contributed by atoms with Crippen molar-refractivity contribution in [1.82, 2.24) is 0 Å². The molecule has 1 aromatic rings. The maximum absolute atomic E-state index is 12.1. The monoisotopic (exact) mass is 273 g/mol. The molecular formula is C17H21O3-. The summed E-state index contributed by atoms with van der Waals surface area (Å²) in [5.41, 5.74) is 1.13. The number of aliphatic carboxylic acids is 1. The summed E-state index contributed by atoms with van der Waals surface area (Å²) >= 11 is 0. The van der Waals surface area contributed by atoms with E-state index in [1.54, 1.807) is 6.92 Å². The van der Waals surface area contributed by atoms with Crippen LogP contribution >= 0.6 is 0 Å². The summed E-state index contributed by atoms with van der Waals surface area (Å²) in [5, 5.41) is 11.1. The fourth-order valence-electron chi connectivity index (χ4n) is 3.38. The van der Waals surface area contributed by atoms with E-state index in [4.69, 9.17) is 0 Å². The smallest absolute Gasteiger partial charge is 0.136 e. The van der Waals surface area contributed by atoms with E-state index < -0.39 is 17.8 Å². The lowest BCUT2D eigenvalue weighted by Gasteiger charge is -2.42. The number of Topliss-reactive ketones (excluding diaryl/α,β-unsaturated/α-hetero) is 1. The summed E-state index contributed by atoms with van der Waals surface area (Å²) in [6.07, 6.45) is 2.80. The minimum atomic E-state index is -1.12. The van der Waals surface area contributed by atoms with Gasteiger partial charge in [0, 0.05) is 24.2 Å². The SMILES string of the molecule is CCC1(c2ccccc2)CCC(=O)C(C(C)C(=O)[O-])C1. The van der Waals surface area contributed by atoms with E-state index in [0.717, 1.165) is 12.8 Å². The molecule has 20 heavy (non-hydrogen) atoms. The van der Waals surface area contributed by atoms with Crippen LogP contribution in [0.15, 0.2) is 30.3 Å². The number of carbonyl (C=O) groups excluding carboxylic acids is 2.